The molecule has 0 aromatic heterocycles. The number of nitrogens with zero attached hydrogens (tertiary/aromatic N) is 1. The van der Waals surface area contributed by atoms with Gasteiger partial charge in [0.2, 0.25) is 0 Å². The van der Waals surface area contributed by atoms with Gasteiger partial charge in [0.1, 0.15) is 5.75 Å². The monoisotopic (exact) mass is 248 g/mol. The molecular weight excluding hydrogens is 224 g/mol. The van der Waals surface area contributed by atoms with Gasteiger partial charge in [0.05, 0.1) is 6.61 Å². The third kappa shape index (κ3) is 4.00. The quantitative estimate of drug-likeness (QED) is 0.869. The maximum Gasteiger partial charge on any atom is 0.119 e. The lowest BCUT2D eigenvalue weighted by molar-refractivity contribution is 0.205. The number of nitrogens with two attached hydrogens (primary N) is 1. The van der Waals surface area contributed by atoms with Crippen LogP contribution in [0, 0.1) is 0 Å². The zero-order chi connectivity index (χ0) is 12.8. The maximum atomic E-state index is 5.91. The largest absolute Gasteiger partial charge is 0.494 e. The van der Waals surface area contributed by atoms with E-state index in [2.05, 4.69) is 36.1 Å². The zero-order valence-electron chi connectivity index (χ0n) is 11.3. The van der Waals surface area contributed by atoms with Crippen LogP contribution in [0.2, 0.25) is 0 Å². The number of benzene rings is 1. The first kappa shape index (κ1) is 13.4. The Morgan fingerprint density at radius 2 is 1.89 bits per heavy atom. The Morgan fingerprint density at radius 3 is 2.50 bits per heavy atom. The second kappa shape index (κ2) is 6.76. The van der Waals surface area contributed by atoms with E-state index < -0.39 is 0 Å². The summed E-state index contributed by atoms with van der Waals surface area (Å²) >= 11 is 0. The van der Waals surface area contributed by atoms with Crippen molar-refractivity contribution in [3.63, 3.8) is 0 Å². The predicted molar refractivity (Wildman–Crippen MR) is 74.7 cm³/mol. The van der Waals surface area contributed by atoms with Gasteiger partial charge < -0.3 is 10.5 Å². The molecule has 1 saturated heterocycles. The summed E-state index contributed by atoms with van der Waals surface area (Å²) in [5.41, 5.74) is 7.27. The number of hydrogen-bond donors (Lipinski definition) is 1. The van der Waals surface area contributed by atoms with Gasteiger partial charge in [0.25, 0.3) is 0 Å². The molecule has 1 heterocycles. The van der Waals surface area contributed by atoms with Crippen molar-refractivity contribution < 1.29 is 4.74 Å². The summed E-state index contributed by atoms with van der Waals surface area (Å²) in [6.45, 7) is 6.18. The van der Waals surface area contributed by atoms with Crippen LogP contribution in [0.3, 0.4) is 0 Å². The second-order valence-corrected chi connectivity index (χ2v) is 5.11. The third-order valence-electron chi connectivity index (χ3n) is 3.43. The van der Waals surface area contributed by atoms with Crippen molar-refractivity contribution in [2.45, 2.75) is 38.8 Å². The van der Waals surface area contributed by atoms with Crippen LogP contribution >= 0.6 is 0 Å². The Kier molecular flexibility index (Phi) is 5.02. The topological polar surface area (TPSA) is 38.5 Å². The van der Waals surface area contributed by atoms with Gasteiger partial charge in [0, 0.05) is 12.6 Å². The molecule has 0 atom stereocenters. The Balaban J connectivity index is 1.82. The average molecular weight is 248 g/mol. The summed E-state index contributed by atoms with van der Waals surface area (Å²) in [6.07, 6.45) is 3.30. The summed E-state index contributed by atoms with van der Waals surface area (Å²) in [5.74, 6) is 0.973. The van der Waals surface area contributed by atoms with Gasteiger partial charge in [-0.3, -0.25) is 4.90 Å². The van der Waals surface area contributed by atoms with Gasteiger partial charge in [-0.1, -0.05) is 19.1 Å². The molecule has 3 nitrogen and oxygen atoms in total. The van der Waals surface area contributed by atoms with E-state index in [0.29, 0.717) is 6.04 Å². The summed E-state index contributed by atoms with van der Waals surface area (Å²) in [6, 6.07) is 8.88. The Bertz CT molecular complexity index is 342. The zero-order valence-corrected chi connectivity index (χ0v) is 11.3. The van der Waals surface area contributed by atoms with Crippen LogP contribution in [0.5, 0.6) is 5.75 Å². The van der Waals surface area contributed by atoms with Crippen LogP contribution in [0.1, 0.15) is 31.7 Å². The molecule has 2 rings (SSSR count). The van der Waals surface area contributed by atoms with E-state index >= 15 is 0 Å². The summed E-state index contributed by atoms with van der Waals surface area (Å²) < 4.78 is 5.58. The van der Waals surface area contributed by atoms with Gasteiger partial charge in [-0.05, 0) is 50.0 Å². The first-order chi connectivity index (χ1) is 8.78. The molecule has 0 saturated carbocycles. The second-order valence-electron chi connectivity index (χ2n) is 5.11. The number of ether oxygens (including phenoxy) is 1. The molecule has 3 heteroatoms. The van der Waals surface area contributed by atoms with Gasteiger partial charge in [0.15, 0.2) is 0 Å². The van der Waals surface area contributed by atoms with E-state index in [1.807, 2.05) is 0 Å². The fraction of sp³-hybridized carbons (Fsp3) is 0.600. The van der Waals surface area contributed by atoms with Crippen LogP contribution < -0.4 is 10.5 Å². The van der Waals surface area contributed by atoms with Gasteiger partial charge in [-0.25, -0.2) is 0 Å². The minimum absolute atomic E-state index is 0.408. The lowest BCUT2D eigenvalue weighted by Gasteiger charge is -2.30. The number of hydrogen-bond acceptors (Lipinski definition) is 3. The number of rotatable bonds is 5. The van der Waals surface area contributed by atoms with Crippen molar-refractivity contribution >= 4 is 0 Å². The average Bonchev–Trinajstić information content (AvgIpc) is 2.41. The highest BCUT2D eigenvalue weighted by atomic mass is 16.5. The van der Waals surface area contributed by atoms with Crippen LogP contribution in [0.25, 0.3) is 0 Å². The molecule has 0 unspecified atom stereocenters. The molecule has 1 fully saturated rings. The normalized spacial score (nSPS) is 17.9. The fourth-order valence-corrected chi connectivity index (χ4v) is 2.28. The van der Waals surface area contributed by atoms with Crippen LogP contribution in [0.4, 0.5) is 0 Å². The summed E-state index contributed by atoms with van der Waals surface area (Å²) in [4.78, 5) is 2.48. The molecule has 1 aliphatic rings. The fourth-order valence-electron chi connectivity index (χ4n) is 2.28. The molecule has 0 aliphatic carbocycles. The molecule has 18 heavy (non-hydrogen) atoms. The Labute approximate surface area is 110 Å². The van der Waals surface area contributed by atoms with Crippen molar-refractivity contribution in [2.24, 2.45) is 5.73 Å². The number of likely N-dealkylation sites (tertiary alicyclic amines) is 1. The standard InChI is InChI=1S/C15H24N2O/c1-2-11-18-15-5-3-13(4-6-15)12-17-9-7-14(16)8-10-17/h3-6,14H,2,7-12,16H2,1H3. The van der Waals surface area contributed by atoms with E-state index in [1.54, 1.807) is 0 Å². The first-order valence-corrected chi connectivity index (χ1v) is 6.97. The highest BCUT2D eigenvalue weighted by Gasteiger charge is 2.15. The molecule has 0 radical (unpaired) electrons. The van der Waals surface area contributed by atoms with Crippen molar-refractivity contribution in [1.29, 1.82) is 0 Å². The number of piperidine rings is 1. The van der Waals surface area contributed by atoms with Gasteiger partial charge in [-0.15, -0.1) is 0 Å². The Morgan fingerprint density at radius 1 is 1.22 bits per heavy atom. The molecule has 0 amide bonds. The maximum absolute atomic E-state index is 5.91. The molecule has 1 aliphatic heterocycles. The van der Waals surface area contributed by atoms with E-state index in [9.17, 15) is 0 Å². The van der Waals surface area contributed by atoms with Crippen molar-refractivity contribution in [2.75, 3.05) is 19.7 Å². The summed E-state index contributed by atoms with van der Waals surface area (Å²) in [5, 5.41) is 0. The Hall–Kier alpha value is -1.06. The van der Waals surface area contributed by atoms with Crippen molar-refractivity contribution in [3.8, 4) is 5.75 Å². The lowest BCUT2D eigenvalue weighted by atomic mass is 10.1. The molecule has 100 valence electrons. The minimum atomic E-state index is 0.408. The SMILES string of the molecule is CCCOc1ccc(CN2CCC(N)CC2)cc1. The molecular formula is C15H24N2O. The van der Waals surface area contributed by atoms with Crippen LogP contribution in [-0.4, -0.2) is 30.6 Å². The lowest BCUT2D eigenvalue weighted by Crippen LogP contribution is -2.39. The van der Waals surface area contributed by atoms with Gasteiger partial charge in [-0.2, -0.15) is 0 Å². The van der Waals surface area contributed by atoms with E-state index in [4.69, 9.17) is 10.5 Å². The van der Waals surface area contributed by atoms with Crippen molar-refractivity contribution in [1.82, 2.24) is 4.90 Å². The van der Waals surface area contributed by atoms with Crippen LogP contribution in [-0.2, 0) is 6.54 Å². The summed E-state index contributed by atoms with van der Waals surface area (Å²) in [7, 11) is 0. The van der Waals surface area contributed by atoms with Gasteiger partial charge >= 0.3 is 0 Å². The molecule has 2 N–H and O–H groups in total. The van der Waals surface area contributed by atoms with E-state index in [-0.39, 0.29) is 0 Å². The first-order valence-electron chi connectivity index (χ1n) is 6.97. The van der Waals surface area contributed by atoms with Crippen LogP contribution in [0.15, 0.2) is 24.3 Å². The van der Waals surface area contributed by atoms with Crippen molar-refractivity contribution in [3.05, 3.63) is 29.8 Å². The molecule has 0 spiro atoms. The molecule has 1 aromatic carbocycles. The molecule has 1 aromatic rings. The van der Waals surface area contributed by atoms with E-state index in [1.165, 1.54) is 5.56 Å². The predicted octanol–water partition coefficient (Wildman–Crippen LogP) is 2.40. The highest BCUT2D eigenvalue weighted by Crippen LogP contribution is 2.16. The molecule has 0 bridgehead atoms. The highest BCUT2D eigenvalue weighted by molar-refractivity contribution is 5.27. The van der Waals surface area contributed by atoms with E-state index in [0.717, 1.165) is 51.3 Å². The smallest absolute Gasteiger partial charge is 0.119 e. The third-order valence-corrected chi connectivity index (χ3v) is 3.43. The minimum Gasteiger partial charge on any atom is -0.494 e.